The zero-order valence-corrected chi connectivity index (χ0v) is 9.01. The molecule has 0 saturated carbocycles. The van der Waals surface area contributed by atoms with E-state index in [1.54, 1.807) is 0 Å². The first-order valence-electron chi connectivity index (χ1n) is 5.56. The molecule has 1 aliphatic heterocycles. The van der Waals surface area contributed by atoms with Crippen LogP contribution in [-0.2, 0) is 0 Å². The summed E-state index contributed by atoms with van der Waals surface area (Å²) in [4.78, 5) is 2.35. The van der Waals surface area contributed by atoms with E-state index in [1.165, 1.54) is 12.8 Å². The van der Waals surface area contributed by atoms with Gasteiger partial charge in [0.2, 0.25) is 0 Å². The van der Waals surface area contributed by atoms with Crippen LogP contribution in [0.15, 0.2) is 0 Å². The Morgan fingerprint density at radius 1 is 1.27 bits per heavy atom. The van der Waals surface area contributed by atoms with Crippen molar-refractivity contribution in [2.75, 3.05) is 39.3 Å². The zero-order chi connectivity index (χ0) is 11.1. The molecule has 1 fully saturated rings. The van der Waals surface area contributed by atoms with Gasteiger partial charge in [-0.15, -0.1) is 0 Å². The molecule has 2 N–H and O–H groups in total. The number of nitrogens with zero attached hydrogens (tertiary/aromatic N) is 1. The van der Waals surface area contributed by atoms with E-state index < -0.39 is 19.1 Å². The van der Waals surface area contributed by atoms with Crippen LogP contribution in [0.1, 0.15) is 19.3 Å². The highest BCUT2D eigenvalue weighted by Gasteiger charge is 2.26. The maximum absolute atomic E-state index is 12.6. The second-order valence-corrected chi connectivity index (χ2v) is 4.09. The Balaban J connectivity index is 1.92. The van der Waals surface area contributed by atoms with Crippen LogP contribution >= 0.6 is 0 Å². The minimum atomic E-state index is -2.98. The van der Waals surface area contributed by atoms with Crippen molar-refractivity contribution in [3.8, 4) is 0 Å². The summed E-state index contributed by atoms with van der Waals surface area (Å²) in [5.74, 6) is -2.98. The fourth-order valence-corrected chi connectivity index (χ4v) is 1.76. The molecule has 1 aliphatic rings. The number of rotatable bonds is 7. The van der Waals surface area contributed by atoms with E-state index in [1.807, 2.05) is 0 Å². The van der Waals surface area contributed by atoms with Gasteiger partial charge in [0.1, 0.15) is 6.61 Å². The van der Waals surface area contributed by atoms with E-state index in [4.69, 9.17) is 5.11 Å². The third kappa shape index (κ3) is 5.39. The summed E-state index contributed by atoms with van der Waals surface area (Å²) >= 11 is 0. The van der Waals surface area contributed by atoms with Gasteiger partial charge in [-0.05, 0) is 45.4 Å². The van der Waals surface area contributed by atoms with Crippen LogP contribution in [0.4, 0.5) is 8.78 Å². The summed E-state index contributed by atoms with van der Waals surface area (Å²) in [5, 5.41) is 11.0. The molecule has 0 aromatic heterocycles. The molecule has 90 valence electrons. The normalized spacial score (nSPS) is 18.6. The first-order valence-corrected chi connectivity index (χ1v) is 5.56. The van der Waals surface area contributed by atoms with Gasteiger partial charge in [-0.25, -0.2) is 8.78 Å². The fourth-order valence-electron chi connectivity index (χ4n) is 1.76. The molecule has 15 heavy (non-hydrogen) atoms. The highest BCUT2D eigenvalue weighted by Crippen LogP contribution is 2.10. The Morgan fingerprint density at radius 3 is 2.53 bits per heavy atom. The molecule has 0 spiro atoms. The lowest BCUT2D eigenvalue weighted by Crippen LogP contribution is -2.37. The largest absolute Gasteiger partial charge is 0.390 e. The Hall–Kier alpha value is -0.260. The van der Waals surface area contributed by atoms with Crippen LogP contribution in [-0.4, -0.2) is 55.3 Å². The van der Waals surface area contributed by atoms with Crippen LogP contribution in [0.25, 0.3) is 0 Å². The zero-order valence-electron chi connectivity index (χ0n) is 9.01. The molecule has 0 aromatic carbocycles. The predicted octanol–water partition coefficient (Wildman–Crippen LogP) is 0.689. The smallest absolute Gasteiger partial charge is 0.282 e. The average molecular weight is 222 g/mol. The topological polar surface area (TPSA) is 35.5 Å². The molecule has 1 saturated heterocycles. The number of nitrogens with one attached hydrogen (secondary N) is 1. The molecule has 1 heterocycles. The minimum Gasteiger partial charge on any atom is -0.390 e. The number of aliphatic hydroxyl groups excluding tert-OH is 1. The van der Waals surface area contributed by atoms with E-state index >= 15 is 0 Å². The molecular weight excluding hydrogens is 202 g/mol. The number of aliphatic hydroxyl groups is 1. The van der Waals surface area contributed by atoms with Crippen molar-refractivity contribution in [2.24, 2.45) is 0 Å². The monoisotopic (exact) mass is 222 g/mol. The van der Waals surface area contributed by atoms with Crippen molar-refractivity contribution in [1.82, 2.24) is 10.2 Å². The van der Waals surface area contributed by atoms with Crippen molar-refractivity contribution >= 4 is 0 Å². The number of halogens is 2. The number of alkyl halides is 2. The molecule has 0 amide bonds. The maximum Gasteiger partial charge on any atom is 0.282 e. The Bertz CT molecular complexity index is 173. The predicted molar refractivity (Wildman–Crippen MR) is 55.2 cm³/mol. The molecule has 0 atom stereocenters. The van der Waals surface area contributed by atoms with Gasteiger partial charge in [-0.3, -0.25) is 0 Å². The summed E-state index contributed by atoms with van der Waals surface area (Å²) in [5.41, 5.74) is 0. The van der Waals surface area contributed by atoms with Crippen molar-refractivity contribution < 1.29 is 13.9 Å². The van der Waals surface area contributed by atoms with E-state index in [0.29, 0.717) is 6.54 Å². The van der Waals surface area contributed by atoms with Crippen LogP contribution in [0, 0.1) is 0 Å². The van der Waals surface area contributed by atoms with Crippen LogP contribution in [0.2, 0.25) is 0 Å². The van der Waals surface area contributed by atoms with E-state index in [-0.39, 0.29) is 0 Å². The Kier molecular flexibility index (Phi) is 5.42. The molecule has 0 aliphatic carbocycles. The van der Waals surface area contributed by atoms with E-state index in [9.17, 15) is 8.78 Å². The maximum atomic E-state index is 12.6. The summed E-state index contributed by atoms with van der Waals surface area (Å²) in [7, 11) is 0. The summed E-state index contributed by atoms with van der Waals surface area (Å²) < 4.78 is 25.1. The van der Waals surface area contributed by atoms with Gasteiger partial charge in [0.05, 0.1) is 6.54 Å². The first-order chi connectivity index (χ1) is 7.14. The number of likely N-dealkylation sites (tertiary alicyclic amines) is 1. The third-order valence-electron chi connectivity index (χ3n) is 2.64. The molecule has 5 heteroatoms. The second kappa shape index (κ2) is 6.35. The molecule has 1 rings (SSSR count). The van der Waals surface area contributed by atoms with Gasteiger partial charge in [-0.1, -0.05) is 0 Å². The fraction of sp³-hybridized carbons (Fsp3) is 1.00. The van der Waals surface area contributed by atoms with E-state index in [2.05, 4.69) is 10.2 Å². The second-order valence-electron chi connectivity index (χ2n) is 4.09. The van der Waals surface area contributed by atoms with Gasteiger partial charge in [0, 0.05) is 0 Å². The van der Waals surface area contributed by atoms with Crippen LogP contribution in [0.5, 0.6) is 0 Å². The molecule has 0 aromatic rings. The van der Waals surface area contributed by atoms with E-state index in [0.717, 1.165) is 26.1 Å². The van der Waals surface area contributed by atoms with Crippen molar-refractivity contribution in [1.29, 1.82) is 0 Å². The quantitative estimate of drug-likeness (QED) is 0.622. The lowest BCUT2D eigenvalue weighted by Gasteiger charge is -2.16. The van der Waals surface area contributed by atoms with Gasteiger partial charge >= 0.3 is 0 Å². The average Bonchev–Trinajstić information content (AvgIpc) is 2.70. The van der Waals surface area contributed by atoms with Gasteiger partial charge in [-0.2, -0.15) is 0 Å². The third-order valence-corrected chi connectivity index (χ3v) is 2.64. The van der Waals surface area contributed by atoms with Crippen molar-refractivity contribution in [3.05, 3.63) is 0 Å². The van der Waals surface area contributed by atoms with Crippen molar-refractivity contribution in [3.63, 3.8) is 0 Å². The Morgan fingerprint density at radius 2 is 1.93 bits per heavy atom. The highest BCUT2D eigenvalue weighted by molar-refractivity contribution is 4.69. The molecular formula is C10H20F2N2O. The van der Waals surface area contributed by atoms with Crippen LogP contribution in [0.3, 0.4) is 0 Å². The molecule has 3 nitrogen and oxygen atoms in total. The summed E-state index contributed by atoms with van der Waals surface area (Å²) in [6, 6.07) is 0. The molecule has 0 bridgehead atoms. The number of hydrogen-bond donors (Lipinski definition) is 2. The molecule has 0 unspecified atom stereocenters. The van der Waals surface area contributed by atoms with Gasteiger partial charge < -0.3 is 15.3 Å². The minimum absolute atomic E-state index is 0.427. The number of hydrogen-bond acceptors (Lipinski definition) is 3. The van der Waals surface area contributed by atoms with Crippen LogP contribution < -0.4 is 5.32 Å². The summed E-state index contributed by atoms with van der Waals surface area (Å²) in [6.07, 6.45) is 3.41. The SMILES string of the molecule is OCC(F)(F)CNCCCN1CCCC1. The lowest BCUT2D eigenvalue weighted by atomic mass is 10.3. The van der Waals surface area contributed by atoms with Gasteiger partial charge in [0.15, 0.2) is 0 Å². The van der Waals surface area contributed by atoms with Gasteiger partial charge in [0.25, 0.3) is 5.92 Å². The van der Waals surface area contributed by atoms with Crippen molar-refractivity contribution in [2.45, 2.75) is 25.2 Å². The standard InChI is InChI=1S/C10H20F2N2O/c11-10(12,9-15)8-13-4-3-7-14-5-1-2-6-14/h13,15H,1-9H2. The first kappa shape index (κ1) is 12.8. The highest BCUT2D eigenvalue weighted by atomic mass is 19.3. The summed E-state index contributed by atoms with van der Waals surface area (Å²) in [6.45, 7) is 2.36. The molecule has 0 radical (unpaired) electrons. The lowest BCUT2D eigenvalue weighted by molar-refractivity contribution is -0.0474. The Labute approximate surface area is 89.5 Å².